The molecule has 1 heterocycles. The zero-order chi connectivity index (χ0) is 26.6. The van der Waals surface area contributed by atoms with Crippen LogP contribution >= 0.6 is 0 Å². The number of phenols is 2. The lowest BCUT2D eigenvalue weighted by atomic mass is 9.76. The summed E-state index contributed by atoms with van der Waals surface area (Å²) in [5.41, 5.74) is 1.49. The highest BCUT2D eigenvalue weighted by Crippen LogP contribution is 2.51. The van der Waals surface area contributed by atoms with Crippen molar-refractivity contribution in [3.63, 3.8) is 0 Å². The summed E-state index contributed by atoms with van der Waals surface area (Å²) in [7, 11) is 0. The van der Waals surface area contributed by atoms with Gasteiger partial charge in [0.15, 0.2) is 5.60 Å². The van der Waals surface area contributed by atoms with Crippen molar-refractivity contribution in [3.05, 3.63) is 119 Å². The highest BCUT2D eigenvalue weighted by atomic mass is 16.6. The van der Waals surface area contributed by atoms with E-state index < -0.39 is 11.6 Å². The molecule has 188 valence electrons. The lowest BCUT2D eigenvalue weighted by Crippen LogP contribution is -2.30. The Kier molecular flexibility index (Phi) is 7.49. The highest BCUT2D eigenvalue weighted by molar-refractivity contribution is 6.02. The minimum Gasteiger partial charge on any atom is -0.507 e. The second kappa shape index (κ2) is 10.8. The first kappa shape index (κ1) is 25.8. The molecule has 0 bridgehead atoms. The van der Waals surface area contributed by atoms with Crippen molar-refractivity contribution in [1.29, 1.82) is 0 Å². The fraction of sp³-hybridized carbons (Fsp3) is 0.182. The smallest absolute Gasteiger partial charge is 0.340 e. The van der Waals surface area contributed by atoms with Crippen molar-refractivity contribution < 1.29 is 19.7 Å². The molecule has 0 spiro atoms. The maximum Gasteiger partial charge on any atom is 0.340 e. The number of hydrogen-bond acceptors (Lipinski definition) is 4. The molecule has 5 aromatic rings. The van der Waals surface area contributed by atoms with Crippen molar-refractivity contribution in [2.75, 3.05) is 0 Å². The predicted molar refractivity (Wildman–Crippen MR) is 150 cm³/mol. The first-order valence-corrected chi connectivity index (χ1v) is 12.8. The van der Waals surface area contributed by atoms with E-state index in [0.717, 1.165) is 27.5 Å². The Balaban J connectivity index is 0.000000599. The van der Waals surface area contributed by atoms with E-state index in [-0.39, 0.29) is 11.5 Å². The van der Waals surface area contributed by atoms with Crippen LogP contribution in [0, 0.1) is 0 Å². The van der Waals surface area contributed by atoms with Crippen molar-refractivity contribution in [2.24, 2.45) is 0 Å². The van der Waals surface area contributed by atoms with Gasteiger partial charge in [0.05, 0.1) is 5.56 Å². The van der Waals surface area contributed by atoms with E-state index in [1.807, 2.05) is 92.7 Å². The summed E-state index contributed by atoms with van der Waals surface area (Å²) in [6.07, 6.45) is 1.25. The molecule has 0 saturated carbocycles. The number of aromatic hydroxyl groups is 2. The van der Waals surface area contributed by atoms with Crippen LogP contribution in [0.25, 0.3) is 21.5 Å². The second-order valence-electron chi connectivity index (χ2n) is 8.68. The molecule has 0 saturated heterocycles. The maximum atomic E-state index is 13.1. The van der Waals surface area contributed by atoms with Crippen LogP contribution in [0.3, 0.4) is 0 Å². The van der Waals surface area contributed by atoms with Crippen LogP contribution in [0.15, 0.2) is 97.1 Å². The minimum atomic E-state index is -1.24. The fourth-order valence-electron chi connectivity index (χ4n) is 4.94. The Morgan fingerprint density at radius 2 is 1.00 bits per heavy atom. The number of carbonyl (C=O) groups is 1. The van der Waals surface area contributed by atoms with Gasteiger partial charge in [-0.1, -0.05) is 101 Å². The predicted octanol–water partition coefficient (Wildman–Crippen LogP) is 8.31. The number of carbonyl (C=O) groups excluding carboxylic acids is 1. The highest BCUT2D eigenvalue weighted by Gasteiger charge is 2.50. The van der Waals surface area contributed by atoms with Gasteiger partial charge in [0.1, 0.15) is 11.5 Å². The molecule has 0 aromatic heterocycles. The number of hydrogen-bond donors (Lipinski definition) is 2. The molecular formula is C33H32O4. The molecule has 37 heavy (non-hydrogen) atoms. The zero-order valence-corrected chi connectivity index (χ0v) is 21.7. The number of benzene rings is 5. The van der Waals surface area contributed by atoms with E-state index in [1.54, 1.807) is 18.2 Å². The molecule has 2 N–H and O–H groups in total. The summed E-state index contributed by atoms with van der Waals surface area (Å²) in [6.45, 7) is 8.25. The lowest BCUT2D eigenvalue weighted by molar-refractivity contribution is 0.0260. The van der Waals surface area contributed by atoms with E-state index in [9.17, 15) is 15.0 Å². The van der Waals surface area contributed by atoms with E-state index in [2.05, 4.69) is 13.8 Å². The number of cyclic esters (lactones) is 1. The van der Waals surface area contributed by atoms with Gasteiger partial charge in [0.25, 0.3) is 0 Å². The van der Waals surface area contributed by atoms with Crippen LogP contribution in [0.5, 0.6) is 11.5 Å². The summed E-state index contributed by atoms with van der Waals surface area (Å²) in [4.78, 5) is 13.1. The van der Waals surface area contributed by atoms with Gasteiger partial charge in [-0.2, -0.15) is 0 Å². The molecule has 1 aliphatic heterocycles. The average molecular weight is 493 g/mol. The molecule has 0 radical (unpaired) electrons. The normalized spacial score (nSPS) is 13.1. The summed E-state index contributed by atoms with van der Waals surface area (Å²) >= 11 is 0. The number of phenolic OH excluding ortho intramolecular Hbond substituents is 2. The standard InChI is InChI=1S/C28H18O4.C3H8.C2H6/c29-25-15-13-23(17-7-1-3-9-19(17)25)28(22-12-6-5-11-21(22)27(31)32-28)24-14-16-26(30)20-10-4-2-8-18(20)24;1-3-2;1-2/h1-16,29-30H;3H2,1-2H3;1-2H3. The third-order valence-corrected chi connectivity index (χ3v) is 6.33. The molecule has 0 aliphatic carbocycles. The van der Waals surface area contributed by atoms with Gasteiger partial charge in [-0.3, -0.25) is 0 Å². The van der Waals surface area contributed by atoms with Crippen LogP contribution in [0.4, 0.5) is 0 Å². The third-order valence-electron chi connectivity index (χ3n) is 6.33. The number of rotatable bonds is 2. The molecule has 1 aliphatic rings. The van der Waals surface area contributed by atoms with E-state index >= 15 is 0 Å². The summed E-state index contributed by atoms with van der Waals surface area (Å²) in [5.74, 6) is -0.0877. The Labute approximate surface area is 217 Å². The Morgan fingerprint density at radius 3 is 1.49 bits per heavy atom. The minimum absolute atomic E-state index is 0.160. The molecular weight excluding hydrogens is 460 g/mol. The van der Waals surface area contributed by atoms with E-state index in [1.165, 1.54) is 6.42 Å². The zero-order valence-electron chi connectivity index (χ0n) is 21.7. The summed E-state index contributed by atoms with van der Waals surface area (Å²) < 4.78 is 6.29. The largest absolute Gasteiger partial charge is 0.507 e. The van der Waals surface area contributed by atoms with Gasteiger partial charge in [0, 0.05) is 27.5 Å². The van der Waals surface area contributed by atoms with Crippen LogP contribution in [0.1, 0.15) is 61.2 Å². The summed E-state index contributed by atoms with van der Waals surface area (Å²) in [6, 6.07) is 29.3. The van der Waals surface area contributed by atoms with Gasteiger partial charge in [-0.15, -0.1) is 0 Å². The van der Waals surface area contributed by atoms with E-state index in [0.29, 0.717) is 16.3 Å². The average Bonchev–Trinajstić information content (AvgIpc) is 3.24. The monoisotopic (exact) mass is 492 g/mol. The van der Waals surface area contributed by atoms with Gasteiger partial charge in [0.2, 0.25) is 0 Å². The molecule has 0 fully saturated rings. The van der Waals surface area contributed by atoms with E-state index in [4.69, 9.17) is 4.74 Å². The van der Waals surface area contributed by atoms with Crippen LogP contribution < -0.4 is 0 Å². The quantitative estimate of drug-likeness (QED) is 0.243. The maximum absolute atomic E-state index is 13.1. The van der Waals surface area contributed by atoms with Crippen LogP contribution in [-0.2, 0) is 10.3 Å². The lowest BCUT2D eigenvalue weighted by Gasteiger charge is -2.32. The first-order valence-electron chi connectivity index (χ1n) is 12.8. The molecule has 6 rings (SSSR count). The van der Waals surface area contributed by atoms with Crippen LogP contribution in [0.2, 0.25) is 0 Å². The Hall–Kier alpha value is -4.31. The first-order chi connectivity index (χ1) is 18.0. The number of ether oxygens (including phenoxy) is 1. The molecule has 5 aromatic carbocycles. The van der Waals surface area contributed by atoms with Crippen molar-refractivity contribution in [1.82, 2.24) is 0 Å². The van der Waals surface area contributed by atoms with Crippen molar-refractivity contribution in [3.8, 4) is 11.5 Å². The summed E-state index contributed by atoms with van der Waals surface area (Å²) in [5, 5.41) is 23.9. The van der Waals surface area contributed by atoms with Crippen LogP contribution in [-0.4, -0.2) is 16.2 Å². The van der Waals surface area contributed by atoms with Gasteiger partial charge >= 0.3 is 5.97 Å². The molecule has 0 amide bonds. The van der Waals surface area contributed by atoms with Gasteiger partial charge in [-0.25, -0.2) is 4.79 Å². The Morgan fingerprint density at radius 1 is 0.595 bits per heavy atom. The van der Waals surface area contributed by atoms with Crippen molar-refractivity contribution in [2.45, 2.75) is 39.7 Å². The molecule has 4 heteroatoms. The molecule has 4 nitrogen and oxygen atoms in total. The third kappa shape index (κ3) is 4.19. The van der Waals surface area contributed by atoms with Gasteiger partial charge in [-0.05, 0) is 41.1 Å². The topological polar surface area (TPSA) is 66.8 Å². The second-order valence-corrected chi connectivity index (χ2v) is 8.68. The molecule has 0 unspecified atom stereocenters. The van der Waals surface area contributed by atoms with Gasteiger partial charge < -0.3 is 14.9 Å². The molecule has 0 atom stereocenters. The SMILES string of the molecule is CC.CCC.O=C1OC(c2ccc(O)c3ccccc23)(c2ccc(O)c3ccccc23)c2ccccc21. The Bertz CT molecular complexity index is 1480. The fourth-order valence-corrected chi connectivity index (χ4v) is 4.94. The van der Waals surface area contributed by atoms with Crippen molar-refractivity contribution >= 4 is 27.5 Å². The number of esters is 1. The number of fused-ring (bicyclic) bond motifs is 3.